The van der Waals surface area contributed by atoms with Crippen LogP contribution in [0.3, 0.4) is 0 Å². The van der Waals surface area contributed by atoms with Crippen molar-refractivity contribution in [2.24, 2.45) is 0 Å². The number of nitrogens with zero attached hydrogens (tertiary/aromatic N) is 1. The fourth-order valence-corrected chi connectivity index (χ4v) is 2.61. The Morgan fingerprint density at radius 3 is 2.60 bits per heavy atom. The largest absolute Gasteiger partial charge is 0.288 e. The predicted molar refractivity (Wildman–Crippen MR) is 80.8 cm³/mol. The fraction of sp³-hybridized carbons (Fsp3) is 0. The van der Waals surface area contributed by atoms with Crippen LogP contribution in [0.1, 0.15) is 15.2 Å². The van der Waals surface area contributed by atoms with Gasteiger partial charge in [0.05, 0.1) is 14.1 Å². The molecule has 20 heavy (non-hydrogen) atoms. The molecule has 0 amide bonds. The van der Waals surface area contributed by atoms with Gasteiger partial charge in [0.25, 0.3) is 5.69 Å². The van der Waals surface area contributed by atoms with E-state index in [4.69, 9.17) is 23.2 Å². The molecule has 0 N–H and O–H groups in total. The SMILES string of the molecule is O=C(/C=C/c1cc([N+](=O)[O-])ccc1Cl)c1ccc(Cl)s1. The zero-order valence-electron chi connectivity index (χ0n) is 9.88. The number of hydrogen-bond acceptors (Lipinski definition) is 4. The molecular formula is C13H7Cl2NO3S. The van der Waals surface area contributed by atoms with Crippen LogP contribution >= 0.6 is 34.5 Å². The number of nitro benzene ring substituents is 1. The van der Waals surface area contributed by atoms with E-state index in [-0.39, 0.29) is 11.5 Å². The Morgan fingerprint density at radius 1 is 1.25 bits per heavy atom. The first-order chi connectivity index (χ1) is 9.47. The van der Waals surface area contributed by atoms with Crippen molar-refractivity contribution in [1.29, 1.82) is 0 Å². The fourth-order valence-electron chi connectivity index (χ4n) is 1.47. The van der Waals surface area contributed by atoms with Crippen LogP contribution in [-0.2, 0) is 0 Å². The second-order valence-corrected chi connectivity index (χ2v) is 5.89. The van der Waals surface area contributed by atoms with Crippen molar-refractivity contribution in [1.82, 2.24) is 0 Å². The number of rotatable bonds is 4. The lowest BCUT2D eigenvalue weighted by molar-refractivity contribution is -0.384. The minimum atomic E-state index is -0.519. The number of thiophene rings is 1. The van der Waals surface area contributed by atoms with E-state index >= 15 is 0 Å². The summed E-state index contributed by atoms with van der Waals surface area (Å²) in [6.07, 6.45) is 2.76. The quantitative estimate of drug-likeness (QED) is 0.348. The standard InChI is InChI=1S/C13H7Cl2NO3S/c14-10-3-2-9(16(18)19)7-8(10)1-4-11(17)12-5-6-13(15)20-12/h1-7H/b4-1+. The van der Waals surface area contributed by atoms with E-state index in [0.29, 0.717) is 19.8 Å². The maximum atomic E-state index is 11.8. The third kappa shape index (κ3) is 3.45. The molecule has 4 nitrogen and oxygen atoms in total. The Hall–Kier alpha value is -1.69. The summed E-state index contributed by atoms with van der Waals surface area (Å²) in [6, 6.07) is 7.29. The van der Waals surface area contributed by atoms with Crippen LogP contribution in [0.5, 0.6) is 0 Å². The van der Waals surface area contributed by atoms with E-state index in [0.717, 1.165) is 0 Å². The zero-order chi connectivity index (χ0) is 14.7. The van der Waals surface area contributed by atoms with Crippen LogP contribution in [0.4, 0.5) is 5.69 Å². The first-order valence-electron chi connectivity index (χ1n) is 5.39. The predicted octanol–water partition coefficient (Wildman–Crippen LogP) is 4.86. The molecule has 0 bridgehead atoms. The molecule has 0 spiro atoms. The number of nitro groups is 1. The number of halogens is 2. The molecule has 0 radical (unpaired) electrons. The summed E-state index contributed by atoms with van der Waals surface area (Å²) in [7, 11) is 0. The molecule has 0 aliphatic rings. The highest BCUT2D eigenvalue weighted by atomic mass is 35.5. The number of non-ortho nitro benzene ring substituents is 1. The lowest BCUT2D eigenvalue weighted by Crippen LogP contribution is -1.91. The lowest BCUT2D eigenvalue weighted by Gasteiger charge is -1.98. The first-order valence-corrected chi connectivity index (χ1v) is 6.96. The molecule has 0 unspecified atom stereocenters. The Bertz CT molecular complexity index is 709. The summed E-state index contributed by atoms with van der Waals surface area (Å²) in [5, 5.41) is 11.0. The van der Waals surface area contributed by atoms with Crippen molar-refractivity contribution in [2.45, 2.75) is 0 Å². The lowest BCUT2D eigenvalue weighted by atomic mass is 10.1. The van der Waals surface area contributed by atoms with E-state index < -0.39 is 4.92 Å². The molecule has 0 atom stereocenters. The van der Waals surface area contributed by atoms with Gasteiger partial charge >= 0.3 is 0 Å². The molecule has 2 rings (SSSR count). The molecule has 0 aliphatic carbocycles. The molecule has 1 aromatic carbocycles. The van der Waals surface area contributed by atoms with E-state index in [2.05, 4.69) is 0 Å². The third-order valence-corrected chi connectivity index (χ3v) is 4.01. The Kier molecular flexibility index (Phi) is 4.54. The number of benzene rings is 1. The molecule has 2 aromatic rings. The minimum Gasteiger partial charge on any atom is -0.288 e. The topological polar surface area (TPSA) is 60.2 Å². The molecule has 1 aromatic heterocycles. The number of allylic oxidation sites excluding steroid dienone is 1. The van der Waals surface area contributed by atoms with Crippen LogP contribution in [0.15, 0.2) is 36.4 Å². The van der Waals surface area contributed by atoms with Crippen LogP contribution in [0, 0.1) is 10.1 Å². The Balaban J connectivity index is 2.25. The average Bonchev–Trinajstić information content (AvgIpc) is 2.84. The molecular weight excluding hydrogens is 321 g/mol. The average molecular weight is 328 g/mol. The van der Waals surface area contributed by atoms with E-state index in [9.17, 15) is 14.9 Å². The highest BCUT2D eigenvalue weighted by Gasteiger charge is 2.09. The summed E-state index contributed by atoms with van der Waals surface area (Å²) in [5.74, 6) is -0.232. The summed E-state index contributed by atoms with van der Waals surface area (Å²) >= 11 is 12.8. The zero-order valence-corrected chi connectivity index (χ0v) is 12.2. The van der Waals surface area contributed by atoms with Crippen molar-refractivity contribution in [3.8, 4) is 0 Å². The van der Waals surface area contributed by atoms with E-state index in [1.165, 1.54) is 41.7 Å². The number of ketones is 1. The normalized spacial score (nSPS) is 10.9. The van der Waals surface area contributed by atoms with Gasteiger partial charge in [0.1, 0.15) is 0 Å². The molecule has 7 heteroatoms. The number of carbonyl (C=O) groups excluding carboxylic acids is 1. The second kappa shape index (κ2) is 6.17. The maximum absolute atomic E-state index is 11.8. The van der Waals surface area contributed by atoms with Gasteiger partial charge in [0.2, 0.25) is 0 Å². The summed E-state index contributed by atoms with van der Waals surface area (Å²) in [5.41, 5.74) is 0.331. The molecule has 0 saturated heterocycles. The maximum Gasteiger partial charge on any atom is 0.270 e. The van der Waals surface area contributed by atoms with Gasteiger partial charge in [-0.25, -0.2) is 0 Å². The summed E-state index contributed by atoms with van der Waals surface area (Å²) in [6.45, 7) is 0. The van der Waals surface area contributed by atoms with Gasteiger partial charge in [0, 0.05) is 17.2 Å². The van der Waals surface area contributed by atoms with Gasteiger partial charge in [-0.15, -0.1) is 11.3 Å². The van der Waals surface area contributed by atoms with Gasteiger partial charge in [-0.1, -0.05) is 23.2 Å². The summed E-state index contributed by atoms with van der Waals surface area (Å²) in [4.78, 5) is 22.5. The Labute approximate surface area is 128 Å². The van der Waals surface area contributed by atoms with Crippen LogP contribution in [-0.4, -0.2) is 10.7 Å². The molecule has 0 aliphatic heterocycles. The first kappa shape index (κ1) is 14.7. The number of carbonyl (C=O) groups is 1. The third-order valence-electron chi connectivity index (χ3n) is 2.42. The van der Waals surface area contributed by atoms with Crippen LogP contribution in [0.25, 0.3) is 6.08 Å². The van der Waals surface area contributed by atoms with Crippen molar-refractivity contribution in [3.05, 3.63) is 66.3 Å². The van der Waals surface area contributed by atoms with Gasteiger partial charge in [-0.05, 0) is 35.9 Å². The van der Waals surface area contributed by atoms with Gasteiger partial charge in [0.15, 0.2) is 5.78 Å². The molecule has 0 fully saturated rings. The Morgan fingerprint density at radius 2 is 2.00 bits per heavy atom. The molecule has 1 heterocycles. The van der Waals surface area contributed by atoms with Gasteiger partial charge in [-0.3, -0.25) is 14.9 Å². The number of hydrogen-bond donors (Lipinski definition) is 0. The summed E-state index contributed by atoms with van der Waals surface area (Å²) < 4.78 is 0.523. The van der Waals surface area contributed by atoms with Gasteiger partial charge in [-0.2, -0.15) is 0 Å². The van der Waals surface area contributed by atoms with E-state index in [1.54, 1.807) is 12.1 Å². The van der Waals surface area contributed by atoms with E-state index in [1.807, 2.05) is 0 Å². The molecule has 0 saturated carbocycles. The van der Waals surface area contributed by atoms with Crippen LogP contribution in [0.2, 0.25) is 9.36 Å². The molecule has 102 valence electrons. The smallest absolute Gasteiger partial charge is 0.270 e. The van der Waals surface area contributed by atoms with Crippen molar-refractivity contribution >= 4 is 52.1 Å². The van der Waals surface area contributed by atoms with Crippen molar-refractivity contribution in [3.63, 3.8) is 0 Å². The van der Waals surface area contributed by atoms with Crippen LogP contribution < -0.4 is 0 Å². The highest BCUT2D eigenvalue weighted by molar-refractivity contribution is 7.18. The van der Waals surface area contributed by atoms with Gasteiger partial charge < -0.3 is 0 Å². The monoisotopic (exact) mass is 327 g/mol. The van der Waals surface area contributed by atoms with Crippen molar-refractivity contribution < 1.29 is 9.72 Å². The second-order valence-electron chi connectivity index (χ2n) is 3.76. The highest BCUT2D eigenvalue weighted by Crippen LogP contribution is 2.25. The van der Waals surface area contributed by atoms with Crippen molar-refractivity contribution in [2.75, 3.05) is 0 Å². The minimum absolute atomic E-state index is 0.0827.